The van der Waals surface area contributed by atoms with E-state index in [1.807, 2.05) is 78.9 Å². The Hall–Kier alpha value is -4.09. The van der Waals surface area contributed by atoms with Crippen LogP contribution in [-0.2, 0) is 0 Å². The van der Waals surface area contributed by atoms with Crippen LogP contribution in [0.2, 0.25) is 5.02 Å². The number of benzene rings is 4. The number of aromatic nitrogens is 2. The summed E-state index contributed by atoms with van der Waals surface area (Å²) in [6.07, 6.45) is 5.85. The highest BCUT2D eigenvalue weighted by Crippen LogP contribution is 2.37. The summed E-state index contributed by atoms with van der Waals surface area (Å²) < 4.78 is 8.50. The SMILES string of the molecule is O=C(O)c1ccc2c(c1)nc(-c1ccc(Oc3cccc(-c4ccc(Cl)cc4)c3)cc1)n2C1CCCCC1. The molecule has 1 fully saturated rings. The van der Waals surface area contributed by atoms with Gasteiger partial charge in [0.25, 0.3) is 0 Å². The van der Waals surface area contributed by atoms with E-state index in [9.17, 15) is 9.90 Å². The molecule has 1 saturated carbocycles. The van der Waals surface area contributed by atoms with E-state index in [0.717, 1.165) is 52.4 Å². The minimum atomic E-state index is -0.942. The summed E-state index contributed by atoms with van der Waals surface area (Å²) in [4.78, 5) is 16.5. The highest BCUT2D eigenvalue weighted by atomic mass is 35.5. The predicted octanol–water partition coefficient (Wildman–Crippen LogP) is 9.02. The quantitative estimate of drug-likeness (QED) is 0.241. The molecule has 0 unspecified atom stereocenters. The highest BCUT2D eigenvalue weighted by Gasteiger charge is 2.23. The van der Waals surface area contributed by atoms with Gasteiger partial charge in [0, 0.05) is 16.6 Å². The molecule has 190 valence electrons. The molecule has 1 N–H and O–H groups in total. The summed E-state index contributed by atoms with van der Waals surface area (Å²) in [5.74, 6) is 1.41. The Balaban J connectivity index is 1.31. The van der Waals surface area contributed by atoms with Crippen LogP contribution in [0.15, 0.2) is 91.0 Å². The van der Waals surface area contributed by atoms with E-state index in [0.29, 0.717) is 16.6 Å². The van der Waals surface area contributed by atoms with Gasteiger partial charge in [0.2, 0.25) is 0 Å². The summed E-state index contributed by atoms with van der Waals surface area (Å²) in [5, 5.41) is 10.2. The number of rotatable bonds is 6. The first kappa shape index (κ1) is 24.3. The molecule has 38 heavy (non-hydrogen) atoms. The normalized spacial score (nSPS) is 14.0. The van der Waals surface area contributed by atoms with E-state index in [4.69, 9.17) is 21.3 Å². The Bertz CT molecular complexity index is 1600. The molecule has 6 rings (SSSR count). The molecule has 0 aliphatic heterocycles. The van der Waals surface area contributed by atoms with Gasteiger partial charge in [-0.2, -0.15) is 0 Å². The van der Waals surface area contributed by atoms with Crippen molar-refractivity contribution in [2.24, 2.45) is 0 Å². The van der Waals surface area contributed by atoms with Gasteiger partial charge < -0.3 is 14.4 Å². The molecule has 5 nitrogen and oxygen atoms in total. The number of hydrogen-bond acceptors (Lipinski definition) is 3. The fourth-order valence-electron chi connectivity index (χ4n) is 5.33. The Morgan fingerprint density at radius 2 is 1.55 bits per heavy atom. The number of ether oxygens (including phenoxy) is 1. The van der Waals surface area contributed by atoms with Crippen molar-refractivity contribution in [2.45, 2.75) is 38.1 Å². The van der Waals surface area contributed by atoms with E-state index in [1.165, 1.54) is 19.3 Å². The molecule has 1 aliphatic rings. The number of aromatic carboxylic acids is 1. The largest absolute Gasteiger partial charge is 0.478 e. The van der Waals surface area contributed by atoms with E-state index in [-0.39, 0.29) is 5.56 Å². The topological polar surface area (TPSA) is 64.3 Å². The molecule has 0 atom stereocenters. The van der Waals surface area contributed by atoms with Crippen molar-refractivity contribution in [1.82, 2.24) is 9.55 Å². The zero-order valence-corrected chi connectivity index (χ0v) is 21.6. The van der Waals surface area contributed by atoms with Gasteiger partial charge in [0.1, 0.15) is 17.3 Å². The fourth-order valence-corrected chi connectivity index (χ4v) is 5.46. The molecule has 5 aromatic rings. The minimum Gasteiger partial charge on any atom is -0.478 e. The second-order valence-electron chi connectivity index (χ2n) is 9.77. The van der Waals surface area contributed by atoms with Crippen LogP contribution in [0.5, 0.6) is 11.5 Å². The maximum absolute atomic E-state index is 11.6. The molecule has 4 aromatic carbocycles. The molecule has 1 heterocycles. The van der Waals surface area contributed by atoms with Crippen molar-refractivity contribution in [3.8, 4) is 34.0 Å². The van der Waals surface area contributed by atoms with Crippen LogP contribution in [0.3, 0.4) is 0 Å². The standard InChI is InChI=1S/C32H27ClN2O3/c33-25-14-9-21(10-15-25)23-5-4-8-28(19-23)38-27-16-11-22(12-17-27)31-34-29-20-24(32(36)37)13-18-30(29)35(31)26-6-2-1-3-7-26/h4-5,8-20,26H,1-3,6-7H2,(H,36,37). The average molecular weight is 523 g/mol. The third-order valence-corrected chi connectivity index (χ3v) is 7.49. The van der Waals surface area contributed by atoms with Gasteiger partial charge >= 0.3 is 5.97 Å². The molecule has 0 amide bonds. The number of halogens is 1. The van der Waals surface area contributed by atoms with E-state index < -0.39 is 5.97 Å². The van der Waals surface area contributed by atoms with Gasteiger partial charge in [0.15, 0.2) is 0 Å². The van der Waals surface area contributed by atoms with E-state index in [2.05, 4.69) is 4.57 Å². The van der Waals surface area contributed by atoms with Crippen molar-refractivity contribution in [1.29, 1.82) is 0 Å². The molecule has 0 radical (unpaired) electrons. The monoisotopic (exact) mass is 522 g/mol. The lowest BCUT2D eigenvalue weighted by atomic mass is 9.95. The number of nitrogens with zero attached hydrogens (tertiary/aromatic N) is 2. The third-order valence-electron chi connectivity index (χ3n) is 7.24. The van der Waals surface area contributed by atoms with E-state index in [1.54, 1.807) is 12.1 Å². The Morgan fingerprint density at radius 1 is 0.816 bits per heavy atom. The van der Waals surface area contributed by atoms with Crippen molar-refractivity contribution >= 4 is 28.6 Å². The number of hydrogen-bond donors (Lipinski definition) is 1. The van der Waals surface area contributed by atoms with Crippen LogP contribution >= 0.6 is 11.6 Å². The van der Waals surface area contributed by atoms with Crippen LogP contribution in [0.25, 0.3) is 33.5 Å². The van der Waals surface area contributed by atoms with Gasteiger partial charge in [-0.15, -0.1) is 0 Å². The van der Waals surface area contributed by atoms with Crippen LogP contribution in [0, 0.1) is 0 Å². The van der Waals surface area contributed by atoms with Crippen molar-refractivity contribution in [2.75, 3.05) is 0 Å². The molecule has 0 bridgehead atoms. The lowest BCUT2D eigenvalue weighted by molar-refractivity contribution is 0.0697. The molecule has 6 heteroatoms. The fraction of sp³-hybridized carbons (Fsp3) is 0.188. The first-order valence-corrected chi connectivity index (χ1v) is 13.3. The molecular formula is C32H27ClN2O3. The second kappa shape index (κ2) is 10.3. The van der Waals surface area contributed by atoms with Gasteiger partial charge in [-0.05, 0) is 90.7 Å². The smallest absolute Gasteiger partial charge is 0.335 e. The lowest BCUT2D eigenvalue weighted by Crippen LogP contribution is -2.14. The van der Waals surface area contributed by atoms with Gasteiger partial charge in [-0.1, -0.05) is 55.1 Å². The molecule has 1 aliphatic carbocycles. The summed E-state index contributed by atoms with van der Waals surface area (Å²) in [6.45, 7) is 0. The minimum absolute atomic E-state index is 0.252. The van der Waals surface area contributed by atoms with E-state index >= 15 is 0 Å². The Labute approximate surface area is 226 Å². The zero-order chi connectivity index (χ0) is 26.1. The van der Waals surface area contributed by atoms with Crippen LogP contribution in [0.4, 0.5) is 0 Å². The zero-order valence-electron chi connectivity index (χ0n) is 20.8. The third kappa shape index (κ3) is 4.90. The Morgan fingerprint density at radius 3 is 2.29 bits per heavy atom. The number of carbonyl (C=O) groups is 1. The lowest BCUT2D eigenvalue weighted by Gasteiger charge is -2.25. The summed E-state index contributed by atoms with van der Waals surface area (Å²) in [5.41, 5.74) is 5.05. The predicted molar refractivity (Wildman–Crippen MR) is 151 cm³/mol. The first-order valence-electron chi connectivity index (χ1n) is 12.9. The average Bonchev–Trinajstić information content (AvgIpc) is 3.33. The number of carboxylic acid groups (broad SMARTS) is 1. The van der Waals surface area contributed by atoms with Crippen molar-refractivity contribution in [3.05, 3.63) is 102 Å². The summed E-state index contributed by atoms with van der Waals surface area (Å²) >= 11 is 6.04. The highest BCUT2D eigenvalue weighted by molar-refractivity contribution is 6.30. The van der Waals surface area contributed by atoms with Gasteiger partial charge in [0.05, 0.1) is 16.6 Å². The van der Waals surface area contributed by atoms with Crippen LogP contribution in [-0.4, -0.2) is 20.6 Å². The molecular weight excluding hydrogens is 496 g/mol. The number of imidazole rings is 1. The van der Waals surface area contributed by atoms with Gasteiger partial charge in [-0.3, -0.25) is 0 Å². The molecule has 1 aromatic heterocycles. The maximum atomic E-state index is 11.6. The van der Waals surface area contributed by atoms with Crippen molar-refractivity contribution < 1.29 is 14.6 Å². The summed E-state index contributed by atoms with van der Waals surface area (Å²) in [7, 11) is 0. The maximum Gasteiger partial charge on any atom is 0.335 e. The number of carboxylic acids is 1. The number of fused-ring (bicyclic) bond motifs is 1. The summed E-state index contributed by atoms with van der Waals surface area (Å²) in [6, 6.07) is 29.3. The van der Waals surface area contributed by atoms with Crippen LogP contribution in [0.1, 0.15) is 48.5 Å². The van der Waals surface area contributed by atoms with Crippen LogP contribution < -0.4 is 4.74 Å². The van der Waals surface area contributed by atoms with Crippen molar-refractivity contribution in [3.63, 3.8) is 0 Å². The second-order valence-corrected chi connectivity index (χ2v) is 10.2. The molecule has 0 spiro atoms. The first-order chi connectivity index (χ1) is 18.5. The Kier molecular flexibility index (Phi) is 6.61. The van der Waals surface area contributed by atoms with Gasteiger partial charge in [-0.25, -0.2) is 9.78 Å². The molecule has 0 saturated heterocycles.